The molecule has 0 aromatic heterocycles. The van der Waals surface area contributed by atoms with Crippen molar-refractivity contribution >= 4 is 17.5 Å². The van der Waals surface area contributed by atoms with Gasteiger partial charge >= 0.3 is 0 Å². The van der Waals surface area contributed by atoms with E-state index < -0.39 is 5.60 Å². The van der Waals surface area contributed by atoms with Gasteiger partial charge in [0.15, 0.2) is 0 Å². The standard InChI is InChI=1S/C23H31N3O3/c27-20(13-22-9-16-8-17(10-22)12-23(29,11-16)15-22)24-25-21(28)14-26-7-3-5-18-4-1-2-6-19(18)26/h1-2,4,6,16-17,29H,3,5,7-15H2,(H,24,27)(H,25,28)/t16-,17+,22?,23?. The van der Waals surface area contributed by atoms with Crippen LogP contribution < -0.4 is 15.8 Å². The van der Waals surface area contributed by atoms with E-state index in [0.717, 1.165) is 57.2 Å². The SMILES string of the molecule is O=C(CN1CCCc2ccccc21)NNC(=O)CC12C[C@@H]3C[C@@H](CC(O)(C3)C1)C2. The maximum absolute atomic E-state index is 12.6. The summed E-state index contributed by atoms with van der Waals surface area (Å²) in [5.74, 6) is 0.785. The van der Waals surface area contributed by atoms with Gasteiger partial charge in [-0.25, -0.2) is 0 Å². The lowest BCUT2D eigenvalue weighted by Gasteiger charge is -2.60. The molecule has 4 bridgehead atoms. The van der Waals surface area contributed by atoms with E-state index in [-0.39, 0.29) is 23.8 Å². The molecule has 1 aromatic carbocycles. The quantitative estimate of drug-likeness (QED) is 0.681. The molecule has 6 rings (SSSR count). The zero-order valence-electron chi connectivity index (χ0n) is 17.0. The Morgan fingerprint density at radius 1 is 1.07 bits per heavy atom. The van der Waals surface area contributed by atoms with Crippen LogP contribution in [0.3, 0.4) is 0 Å². The number of hydrogen-bond donors (Lipinski definition) is 3. The molecule has 6 heteroatoms. The van der Waals surface area contributed by atoms with E-state index in [4.69, 9.17) is 0 Å². The molecule has 6 nitrogen and oxygen atoms in total. The fourth-order valence-corrected chi connectivity index (χ4v) is 7.12. The Balaban J connectivity index is 1.14. The molecule has 4 saturated carbocycles. The molecule has 1 aromatic rings. The van der Waals surface area contributed by atoms with Gasteiger partial charge in [0.2, 0.25) is 5.91 Å². The van der Waals surface area contributed by atoms with Crippen molar-refractivity contribution in [2.75, 3.05) is 18.0 Å². The molecule has 5 aliphatic rings. The smallest absolute Gasteiger partial charge is 0.257 e. The third kappa shape index (κ3) is 3.75. The molecule has 4 aliphatic carbocycles. The van der Waals surface area contributed by atoms with E-state index in [1.807, 2.05) is 12.1 Å². The first-order chi connectivity index (χ1) is 13.9. The number of benzene rings is 1. The van der Waals surface area contributed by atoms with Crippen LogP contribution in [0.4, 0.5) is 5.69 Å². The highest BCUT2D eigenvalue weighted by atomic mass is 16.3. The van der Waals surface area contributed by atoms with Crippen LogP contribution in [0.5, 0.6) is 0 Å². The minimum Gasteiger partial charge on any atom is -0.390 e. The number of aliphatic hydroxyl groups is 1. The Morgan fingerprint density at radius 3 is 2.55 bits per heavy atom. The number of amides is 2. The summed E-state index contributed by atoms with van der Waals surface area (Å²) < 4.78 is 0. The number of fused-ring (bicyclic) bond motifs is 1. The van der Waals surface area contributed by atoms with Crippen LogP contribution in [-0.4, -0.2) is 35.6 Å². The fraction of sp³-hybridized carbons (Fsp3) is 0.652. The average Bonchev–Trinajstić information content (AvgIpc) is 2.64. The molecule has 0 spiro atoms. The first kappa shape index (κ1) is 18.9. The maximum atomic E-state index is 12.6. The van der Waals surface area contributed by atoms with E-state index in [0.29, 0.717) is 18.3 Å². The summed E-state index contributed by atoms with van der Waals surface area (Å²) in [6, 6.07) is 8.19. The normalized spacial score (nSPS) is 34.6. The van der Waals surface area contributed by atoms with E-state index in [2.05, 4.69) is 27.9 Å². The van der Waals surface area contributed by atoms with Crippen molar-refractivity contribution in [1.29, 1.82) is 0 Å². The van der Waals surface area contributed by atoms with Crippen LogP contribution in [0.15, 0.2) is 24.3 Å². The molecule has 29 heavy (non-hydrogen) atoms. The van der Waals surface area contributed by atoms with Crippen molar-refractivity contribution in [1.82, 2.24) is 10.9 Å². The minimum absolute atomic E-state index is 0.0839. The zero-order chi connectivity index (χ0) is 20.1. The number of carbonyl (C=O) groups is 2. The van der Waals surface area contributed by atoms with E-state index >= 15 is 0 Å². The predicted molar refractivity (Wildman–Crippen MR) is 110 cm³/mol. The number of rotatable bonds is 4. The number of hydrogen-bond acceptors (Lipinski definition) is 4. The zero-order valence-corrected chi connectivity index (χ0v) is 17.0. The number of anilines is 1. The highest BCUT2D eigenvalue weighted by molar-refractivity contribution is 5.85. The van der Waals surface area contributed by atoms with E-state index in [1.165, 1.54) is 12.0 Å². The van der Waals surface area contributed by atoms with E-state index in [1.54, 1.807) is 0 Å². The topological polar surface area (TPSA) is 81.7 Å². The van der Waals surface area contributed by atoms with Crippen molar-refractivity contribution in [3.05, 3.63) is 29.8 Å². The Kier molecular flexibility index (Phi) is 4.57. The van der Waals surface area contributed by atoms with Crippen LogP contribution in [0.1, 0.15) is 56.9 Å². The second kappa shape index (κ2) is 7.01. The van der Waals surface area contributed by atoms with Gasteiger partial charge in [-0.15, -0.1) is 0 Å². The predicted octanol–water partition coefficient (Wildman–Crippen LogP) is 2.31. The third-order valence-corrected chi connectivity index (χ3v) is 7.57. The minimum atomic E-state index is -0.560. The maximum Gasteiger partial charge on any atom is 0.257 e. The number of carbonyl (C=O) groups excluding carboxylic acids is 2. The van der Waals surface area contributed by atoms with Gasteiger partial charge in [0.25, 0.3) is 5.91 Å². The summed E-state index contributed by atoms with van der Waals surface area (Å²) in [5, 5.41) is 10.9. The summed E-state index contributed by atoms with van der Waals surface area (Å²) in [6.07, 6.45) is 8.30. The van der Waals surface area contributed by atoms with Gasteiger partial charge in [-0.2, -0.15) is 0 Å². The monoisotopic (exact) mass is 397 g/mol. The molecule has 2 unspecified atom stereocenters. The number of para-hydroxylation sites is 1. The largest absolute Gasteiger partial charge is 0.390 e. The summed E-state index contributed by atoms with van der Waals surface area (Å²) in [7, 11) is 0. The number of aryl methyl sites for hydroxylation is 1. The second-order valence-electron chi connectivity index (χ2n) is 10.1. The van der Waals surface area contributed by atoms with Crippen molar-refractivity contribution in [3.8, 4) is 0 Å². The van der Waals surface area contributed by atoms with Crippen molar-refractivity contribution in [2.45, 2.75) is 63.4 Å². The van der Waals surface area contributed by atoms with Gasteiger partial charge in [-0.1, -0.05) is 18.2 Å². The summed E-state index contributed by atoms with van der Waals surface area (Å²) >= 11 is 0. The highest BCUT2D eigenvalue weighted by Crippen LogP contribution is 2.62. The fourth-order valence-electron chi connectivity index (χ4n) is 7.12. The second-order valence-corrected chi connectivity index (χ2v) is 10.1. The lowest BCUT2D eigenvalue weighted by atomic mass is 9.47. The molecule has 2 amide bonds. The number of nitrogens with one attached hydrogen (secondary N) is 2. The lowest BCUT2D eigenvalue weighted by Crippen LogP contribution is -2.57. The third-order valence-electron chi connectivity index (χ3n) is 7.57. The van der Waals surface area contributed by atoms with Crippen molar-refractivity contribution in [3.63, 3.8) is 0 Å². The molecule has 1 aliphatic heterocycles. The van der Waals surface area contributed by atoms with Crippen LogP contribution in [0, 0.1) is 17.3 Å². The van der Waals surface area contributed by atoms with Gasteiger partial charge in [0.1, 0.15) is 0 Å². The first-order valence-corrected chi connectivity index (χ1v) is 11.1. The van der Waals surface area contributed by atoms with Crippen molar-refractivity contribution in [2.24, 2.45) is 17.3 Å². The van der Waals surface area contributed by atoms with Crippen LogP contribution in [0.2, 0.25) is 0 Å². The summed E-state index contributed by atoms with van der Waals surface area (Å²) in [4.78, 5) is 27.1. The Morgan fingerprint density at radius 2 is 1.79 bits per heavy atom. The summed E-state index contributed by atoms with van der Waals surface area (Å²) in [5.41, 5.74) is 6.99. The molecular weight excluding hydrogens is 366 g/mol. The van der Waals surface area contributed by atoms with Crippen LogP contribution >= 0.6 is 0 Å². The van der Waals surface area contributed by atoms with Gasteiger partial charge in [0, 0.05) is 18.7 Å². The number of nitrogens with zero attached hydrogens (tertiary/aromatic N) is 1. The first-order valence-electron chi connectivity index (χ1n) is 11.1. The average molecular weight is 398 g/mol. The molecule has 0 saturated heterocycles. The molecular formula is C23H31N3O3. The highest BCUT2D eigenvalue weighted by Gasteiger charge is 2.57. The number of hydrazine groups is 1. The molecule has 4 atom stereocenters. The van der Waals surface area contributed by atoms with E-state index in [9.17, 15) is 14.7 Å². The van der Waals surface area contributed by atoms with Gasteiger partial charge in [-0.3, -0.25) is 20.4 Å². The van der Waals surface area contributed by atoms with Crippen LogP contribution in [0.25, 0.3) is 0 Å². The molecule has 0 radical (unpaired) electrons. The Labute approximate surface area is 172 Å². The Hall–Kier alpha value is -2.08. The van der Waals surface area contributed by atoms with Gasteiger partial charge < -0.3 is 10.0 Å². The van der Waals surface area contributed by atoms with Crippen LogP contribution in [-0.2, 0) is 16.0 Å². The molecule has 1 heterocycles. The Bertz CT molecular complexity index is 809. The van der Waals surface area contributed by atoms with Crippen molar-refractivity contribution < 1.29 is 14.7 Å². The molecule has 3 N–H and O–H groups in total. The van der Waals surface area contributed by atoms with Gasteiger partial charge in [-0.05, 0) is 80.2 Å². The van der Waals surface area contributed by atoms with Gasteiger partial charge in [0.05, 0.1) is 12.1 Å². The summed E-state index contributed by atoms with van der Waals surface area (Å²) in [6.45, 7) is 1.09. The molecule has 156 valence electrons. The molecule has 4 fully saturated rings. The lowest BCUT2D eigenvalue weighted by molar-refractivity contribution is -0.169.